The molecule has 1 aliphatic rings. The Balaban J connectivity index is 1.67. The largest absolute Gasteiger partial charge is 0.494 e. The predicted octanol–water partition coefficient (Wildman–Crippen LogP) is 1.94. The summed E-state index contributed by atoms with van der Waals surface area (Å²) in [6.07, 6.45) is 4.89. The minimum atomic E-state index is -0.115. The van der Waals surface area contributed by atoms with E-state index in [0.717, 1.165) is 18.7 Å². The van der Waals surface area contributed by atoms with Crippen LogP contribution in [0.25, 0.3) is 0 Å². The first-order chi connectivity index (χ1) is 11.3. The van der Waals surface area contributed by atoms with Crippen molar-refractivity contribution in [1.82, 2.24) is 10.2 Å². The van der Waals surface area contributed by atoms with Crippen molar-refractivity contribution in [3.05, 3.63) is 29.8 Å². The van der Waals surface area contributed by atoms with Crippen LogP contribution in [0.2, 0.25) is 0 Å². The van der Waals surface area contributed by atoms with Gasteiger partial charge in [-0.3, -0.25) is 9.69 Å². The van der Waals surface area contributed by atoms with Crippen LogP contribution in [-0.4, -0.2) is 48.8 Å². The number of carbonyl (C=O) groups is 1. The molecule has 0 atom stereocenters. The summed E-state index contributed by atoms with van der Waals surface area (Å²) in [4.78, 5) is 13.7. The third-order valence-electron chi connectivity index (χ3n) is 4.00. The van der Waals surface area contributed by atoms with Gasteiger partial charge in [0.2, 0.25) is 5.91 Å². The van der Waals surface area contributed by atoms with E-state index in [1.54, 1.807) is 0 Å². The first-order valence-corrected chi connectivity index (χ1v) is 8.59. The molecule has 0 unspecified atom stereocenters. The summed E-state index contributed by atoms with van der Waals surface area (Å²) in [5.74, 6) is 0.775. The van der Waals surface area contributed by atoms with Gasteiger partial charge in [-0.05, 0) is 50.0 Å². The van der Waals surface area contributed by atoms with Gasteiger partial charge < -0.3 is 15.2 Å². The molecule has 2 N–H and O–H groups in total. The fourth-order valence-electron chi connectivity index (χ4n) is 2.79. The van der Waals surface area contributed by atoms with E-state index >= 15 is 0 Å². The molecule has 0 spiro atoms. The lowest BCUT2D eigenvalue weighted by Gasteiger charge is -2.26. The standard InChI is InChI=1S/C18H28N2O3/c21-12-8-18(22)19-9-5-13-23-17-7-4-6-16(14-17)15-20-10-2-1-3-11-20/h4,6-7,14,21H,1-3,5,8-13,15H2,(H,19,22). The van der Waals surface area contributed by atoms with E-state index in [2.05, 4.69) is 22.3 Å². The Morgan fingerprint density at radius 2 is 2.09 bits per heavy atom. The third-order valence-corrected chi connectivity index (χ3v) is 4.00. The molecular weight excluding hydrogens is 292 g/mol. The van der Waals surface area contributed by atoms with Gasteiger partial charge in [0.05, 0.1) is 13.2 Å². The Kier molecular flexibility index (Phi) is 7.90. The normalized spacial score (nSPS) is 15.3. The Bertz CT molecular complexity index is 473. The molecule has 23 heavy (non-hydrogen) atoms. The zero-order valence-electron chi connectivity index (χ0n) is 13.8. The highest BCUT2D eigenvalue weighted by Crippen LogP contribution is 2.17. The molecule has 1 amide bonds. The van der Waals surface area contributed by atoms with Gasteiger partial charge in [0.25, 0.3) is 0 Å². The fourth-order valence-corrected chi connectivity index (χ4v) is 2.79. The maximum atomic E-state index is 11.2. The van der Waals surface area contributed by atoms with Gasteiger partial charge in [0, 0.05) is 19.5 Å². The first-order valence-electron chi connectivity index (χ1n) is 8.59. The molecule has 1 fully saturated rings. The molecule has 128 valence electrons. The second-order valence-corrected chi connectivity index (χ2v) is 6.01. The van der Waals surface area contributed by atoms with Crippen LogP contribution < -0.4 is 10.1 Å². The lowest BCUT2D eigenvalue weighted by Crippen LogP contribution is -2.29. The summed E-state index contributed by atoms with van der Waals surface area (Å²) in [5.41, 5.74) is 1.29. The van der Waals surface area contributed by atoms with Gasteiger partial charge in [0.15, 0.2) is 0 Å². The van der Waals surface area contributed by atoms with Gasteiger partial charge in [-0.15, -0.1) is 0 Å². The van der Waals surface area contributed by atoms with E-state index in [1.165, 1.54) is 37.9 Å². The average molecular weight is 320 g/mol. The van der Waals surface area contributed by atoms with Crippen LogP contribution in [0, 0.1) is 0 Å². The number of benzene rings is 1. The number of nitrogens with zero attached hydrogens (tertiary/aromatic N) is 1. The van der Waals surface area contributed by atoms with Crippen molar-refractivity contribution >= 4 is 5.91 Å². The molecule has 0 aliphatic carbocycles. The lowest BCUT2D eigenvalue weighted by molar-refractivity contribution is -0.121. The number of aliphatic hydroxyl groups is 1. The summed E-state index contributed by atoms with van der Waals surface area (Å²) in [7, 11) is 0. The van der Waals surface area contributed by atoms with Crippen LogP contribution in [0.15, 0.2) is 24.3 Å². The molecule has 1 aromatic carbocycles. The lowest BCUT2D eigenvalue weighted by atomic mass is 10.1. The van der Waals surface area contributed by atoms with Gasteiger partial charge in [0.1, 0.15) is 5.75 Å². The number of aliphatic hydroxyl groups excluding tert-OH is 1. The van der Waals surface area contributed by atoms with Crippen molar-refractivity contribution in [2.45, 2.75) is 38.6 Å². The quantitative estimate of drug-likeness (QED) is 0.683. The van der Waals surface area contributed by atoms with Gasteiger partial charge in [-0.25, -0.2) is 0 Å². The van der Waals surface area contributed by atoms with Gasteiger partial charge in [-0.1, -0.05) is 18.6 Å². The van der Waals surface area contributed by atoms with Crippen molar-refractivity contribution in [3.8, 4) is 5.75 Å². The summed E-state index contributed by atoms with van der Waals surface area (Å²) in [5, 5.41) is 11.4. The third kappa shape index (κ3) is 7.01. The number of piperidine rings is 1. The van der Waals surface area contributed by atoms with Crippen LogP contribution in [0.3, 0.4) is 0 Å². The Labute approximate surface area is 138 Å². The maximum absolute atomic E-state index is 11.2. The molecule has 1 aromatic rings. The van der Waals surface area contributed by atoms with Crippen molar-refractivity contribution < 1.29 is 14.6 Å². The predicted molar refractivity (Wildman–Crippen MR) is 90.4 cm³/mol. The highest BCUT2D eigenvalue weighted by molar-refractivity contribution is 5.75. The van der Waals surface area contributed by atoms with Gasteiger partial charge in [-0.2, -0.15) is 0 Å². The Morgan fingerprint density at radius 1 is 1.26 bits per heavy atom. The minimum Gasteiger partial charge on any atom is -0.494 e. The number of ether oxygens (including phenoxy) is 1. The van der Waals surface area contributed by atoms with E-state index in [9.17, 15) is 4.79 Å². The molecule has 1 saturated heterocycles. The van der Waals surface area contributed by atoms with E-state index < -0.39 is 0 Å². The highest BCUT2D eigenvalue weighted by atomic mass is 16.5. The molecule has 0 radical (unpaired) electrons. The van der Waals surface area contributed by atoms with E-state index in [4.69, 9.17) is 9.84 Å². The maximum Gasteiger partial charge on any atom is 0.222 e. The number of rotatable bonds is 9. The Morgan fingerprint density at radius 3 is 2.87 bits per heavy atom. The summed E-state index contributed by atoms with van der Waals surface area (Å²) in [6.45, 7) is 4.43. The first kappa shape index (κ1) is 17.8. The molecule has 1 heterocycles. The number of likely N-dealkylation sites (tertiary alicyclic amines) is 1. The zero-order valence-corrected chi connectivity index (χ0v) is 13.8. The van der Waals surface area contributed by atoms with Crippen molar-refractivity contribution in [1.29, 1.82) is 0 Å². The van der Waals surface area contributed by atoms with E-state index in [-0.39, 0.29) is 18.9 Å². The van der Waals surface area contributed by atoms with Crippen LogP contribution in [0.1, 0.15) is 37.7 Å². The van der Waals surface area contributed by atoms with Crippen LogP contribution in [0.5, 0.6) is 5.75 Å². The van der Waals surface area contributed by atoms with Crippen LogP contribution in [0.4, 0.5) is 0 Å². The number of amides is 1. The molecule has 1 aliphatic heterocycles. The summed E-state index contributed by atoms with van der Waals surface area (Å²) < 4.78 is 5.76. The second-order valence-electron chi connectivity index (χ2n) is 6.01. The van der Waals surface area contributed by atoms with E-state index in [1.807, 2.05) is 12.1 Å². The number of carbonyl (C=O) groups excluding carboxylic acids is 1. The molecular formula is C18H28N2O3. The van der Waals surface area contributed by atoms with Crippen molar-refractivity contribution in [2.75, 3.05) is 32.8 Å². The molecule has 5 heteroatoms. The average Bonchev–Trinajstić information content (AvgIpc) is 2.56. The second kappa shape index (κ2) is 10.2. The monoisotopic (exact) mass is 320 g/mol. The number of nitrogens with one attached hydrogen (secondary N) is 1. The minimum absolute atomic E-state index is 0.105. The number of hydrogen-bond acceptors (Lipinski definition) is 4. The van der Waals surface area contributed by atoms with Crippen molar-refractivity contribution in [3.63, 3.8) is 0 Å². The zero-order chi connectivity index (χ0) is 16.3. The van der Waals surface area contributed by atoms with Gasteiger partial charge >= 0.3 is 0 Å². The smallest absolute Gasteiger partial charge is 0.222 e. The SMILES string of the molecule is O=C(CCO)NCCCOc1cccc(CN2CCCCC2)c1. The topological polar surface area (TPSA) is 61.8 Å². The number of hydrogen-bond donors (Lipinski definition) is 2. The fraction of sp³-hybridized carbons (Fsp3) is 0.611. The summed E-state index contributed by atoms with van der Waals surface area (Å²) in [6, 6.07) is 8.28. The summed E-state index contributed by atoms with van der Waals surface area (Å²) >= 11 is 0. The van der Waals surface area contributed by atoms with Crippen LogP contribution >= 0.6 is 0 Å². The molecule has 0 aromatic heterocycles. The molecule has 5 nitrogen and oxygen atoms in total. The highest BCUT2D eigenvalue weighted by Gasteiger charge is 2.10. The Hall–Kier alpha value is -1.59. The molecule has 0 saturated carbocycles. The van der Waals surface area contributed by atoms with Crippen molar-refractivity contribution in [2.24, 2.45) is 0 Å². The molecule has 0 bridgehead atoms. The molecule has 2 rings (SSSR count). The van der Waals surface area contributed by atoms with Crippen LogP contribution in [-0.2, 0) is 11.3 Å². The van der Waals surface area contributed by atoms with E-state index in [0.29, 0.717) is 13.2 Å².